The number of esters is 4. The molecule has 1 spiro atoms. The van der Waals surface area contributed by atoms with Crippen molar-refractivity contribution in [3.05, 3.63) is 36.3 Å². The number of ether oxygens (including phenoxy) is 5. The summed E-state index contributed by atoms with van der Waals surface area (Å²) >= 11 is 0. The van der Waals surface area contributed by atoms with Gasteiger partial charge in [-0.2, -0.15) is 0 Å². The number of furan rings is 1. The maximum absolute atomic E-state index is 14.5. The lowest BCUT2D eigenvalue weighted by atomic mass is 9.37. The molecule has 214 valence electrons. The van der Waals surface area contributed by atoms with Gasteiger partial charge in [0.1, 0.15) is 34.6 Å². The molecule has 9 atom stereocenters. The number of carbonyl (C=O) groups excluding carboxylic acids is 5. The molecule has 0 amide bonds. The molecule has 0 radical (unpaired) electrons. The van der Waals surface area contributed by atoms with Gasteiger partial charge >= 0.3 is 23.9 Å². The molecule has 2 aliphatic carbocycles. The second-order valence-electron chi connectivity index (χ2n) is 12.5. The van der Waals surface area contributed by atoms with Gasteiger partial charge in [-0.25, -0.2) is 9.59 Å². The Morgan fingerprint density at radius 2 is 1.82 bits per heavy atom. The van der Waals surface area contributed by atoms with Gasteiger partial charge in [-0.05, 0) is 33.3 Å². The first-order valence-corrected chi connectivity index (χ1v) is 13.3. The van der Waals surface area contributed by atoms with E-state index in [-0.39, 0.29) is 18.6 Å². The zero-order chi connectivity index (χ0) is 29.0. The van der Waals surface area contributed by atoms with E-state index in [9.17, 15) is 24.0 Å². The average molecular weight is 557 g/mol. The van der Waals surface area contributed by atoms with Gasteiger partial charge in [0.25, 0.3) is 0 Å². The molecule has 0 N–H and O–H groups in total. The zero-order valence-electron chi connectivity index (χ0n) is 23.2. The number of fused-ring (bicyclic) bond motifs is 3. The van der Waals surface area contributed by atoms with Crippen LogP contribution in [0.4, 0.5) is 0 Å². The van der Waals surface area contributed by atoms with Crippen molar-refractivity contribution >= 4 is 29.7 Å². The first kappa shape index (κ1) is 26.7. The molecular weight excluding hydrogens is 524 g/mol. The smallest absolute Gasteiger partial charge is 0.339 e. The Bertz CT molecular complexity index is 1360. The number of methoxy groups -OCH3 is 1. The van der Waals surface area contributed by atoms with Gasteiger partial charge < -0.3 is 28.1 Å². The number of rotatable bonds is 4. The van der Waals surface area contributed by atoms with E-state index in [1.807, 2.05) is 6.92 Å². The summed E-state index contributed by atoms with van der Waals surface area (Å²) in [6.45, 7) is 8.22. The highest BCUT2D eigenvalue weighted by molar-refractivity contribution is 5.97. The number of hydrogen-bond acceptors (Lipinski definition) is 11. The number of cyclic esters (lactones) is 2. The highest BCUT2D eigenvalue weighted by Crippen LogP contribution is 2.79. The normalized spacial score (nSPS) is 44.5. The molecule has 11 heteroatoms. The Morgan fingerprint density at radius 1 is 1.10 bits per heavy atom. The Balaban J connectivity index is 1.63. The van der Waals surface area contributed by atoms with Crippen LogP contribution in [0.3, 0.4) is 0 Å². The number of Topliss-reactive ketones (excluding diaryl/α,β-unsaturated/α-hetero) is 1. The van der Waals surface area contributed by atoms with Crippen LogP contribution in [0.5, 0.6) is 0 Å². The van der Waals surface area contributed by atoms with E-state index in [0.29, 0.717) is 5.56 Å². The van der Waals surface area contributed by atoms with Crippen molar-refractivity contribution in [2.75, 3.05) is 7.11 Å². The largest absolute Gasteiger partial charge is 0.472 e. The van der Waals surface area contributed by atoms with E-state index < -0.39 is 81.5 Å². The maximum atomic E-state index is 14.5. The quantitative estimate of drug-likeness (QED) is 0.233. The second-order valence-corrected chi connectivity index (χ2v) is 12.5. The van der Waals surface area contributed by atoms with Crippen molar-refractivity contribution in [1.29, 1.82) is 0 Å². The molecule has 11 nitrogen and oxygen atoms in total. The van der Waals surface area contributed by atoms with Crippen molar-refractivity contribution in [2.24, 2.45) is 28.1 Å². The van der Waals surface area contributed by atoms with Crippen LogP contribution >= 0.6 is 0 Å². The fraction of sp³-hybridized carbons (Fsp3) is 0.621. The maximum Gasteiger partial charge on any atom is 0.339 e. The Morgan fingerprint density at radius 3 is 2.45 bits per heavy atom. The Kier molecular flexibility index (Phi) is 5.38. The van der Waals surface area contributed by atoms with E-state index >= 15 is 0 Å². The minimum atomic E-state index is -1.57. The van der Waals surface area contributed by atoms with Gasteiger partial charge in [-0.3, -0.25) is 14.4 Å². The summed E-state index contributed by atoms with van der Waals surface area (Å²) in [6, 6.07) is 1.67. The number of ketones is 1. The van der Waals surface area contributed by atoms with Crippen LogP contribution in [0.25, 0.3) is 0 Å². The molecule has 4 heterocycles. The zero-order valence-corrected chi connectivity index (χ0v) is 23.2. The van der Waals surface area contributed by atoms with Gasteiger partial charge in [-0.1, -0.05) is 13.0 Å². The van der Waals surface area contributed by atoms with Gasteiger partial charge in [-0.15, -0.1) is 0 Å². The first-order valence-electron chi connectivity index (χ1n) is 13.3. The predicted octanol–water partition coefficient (Wildman–Crippen LogP) is 2.62. The van der Waals surface area contributed by atoms with Crippen LogP contribution in [0.1, 0.15) is 59.1 Å². The molecular formula is C29H32O11. The van der Waals surface area contributed by atoms with Gasteiger partial charge in [0, 0.05) is 42.2 Å². The van der Waals surface area contributed by atoms with Crippen LogP contribution < -0.4 is 0 Å². The number of carbonyl (C=O) groups is 5. The molecule has 1 aromatic heterocycles. The first-order chi connectivity index (χ1) is 18.7. The molecule has 2 saturated carbocycles. The molecule has 0 aromatic carbocycles. The van der Waals surface area contributed by atoms with Crippen LogP contribution in [0, 0.1) is 28.1 Å². The summed E-state index contributed by atoms with van der Waals surface area (Å²) in [7, 11) is 1.21. The molecule has 3 aliphatic heterocycles. The third-order valence-electron chi connectivity index (χ3n) is 10.3. The summed E-state index contributed by atoms with van der Waals surface area (Å²) in [6.07, 6.45) is 2.54. The Hall–Kier alpha value is -3.47. The summed E-state index contributed by atoms with van der Waals surface area (Å²) in [5.41, 5.74) is -6.06. The van der Waals surface area contributed by atoms with Gasteiger partial charge in [0.15, 0.2) is 6.10 Å². The molecule has 6 rings (SSSR count). The minimum absolute atomic E-state index is 0.0913. The SMILES string of the molecule is COC(=O)C=CC12C(=O)OC(C)(C)C1CC(=O)C1(C)C2C(OC(C)=O)CC2(C)C(c3ccoc3)OC(=O)C3OC321. The minimum Gasteiger partial charge on any atom is -0.472 e. The standard InChI is InChI=1S/C29H32O11/c1-14(30)37-16-12-26(4)21(15-8-10-36-13-15)38-23(33)22-29(26,39-22)27(5)18(31)11-17-25(2,3)40-24(34)28(17,20(16)27)9-7-19(32)35-6/h7-10,13,16-17,20-22H,11-12H2,1-6H3. The molecule has 1 aromatic rings. The molecule has 5 aliphatic rings. The molecule has 5 fully saturated rings. The second kappa shape index (κ2) is 8.05. The van der Waals surface area contributed by atoms with Crippen molar-refractivity contribution in [1.82, 2.24) is 0 Å². The van der Waals surface area contributed by atoms with Crippen LogP contribution in [-0.4, -0.2) is 60.2 Å². The third kappa shape index (κ3) is 2.96. The van der Waals surface area contributed by atoms with Crippen LogP contribution in [0.2, 0.25) is 0 Å². The van der Waals surface area contributed by atoms with E-state index in [0.717, 1.165) is 6.08 Å². The third-order valence-corrected chi connectivity index (χ3v) is 10.3. The highest BCUT2D eigenvalue weighted by atomic mass is 16.7. The lowest BCUT2D eigenvalue weighted by Gasteiger charge is -2.64. The highest BCUT2D eigenvalue weighted by Gasteiger charge is 2.91. The number of hydrogen-bond donors (Lipinski definition) is 0. The lowest BCUT2D eigenvalue weighted by Crippen LogP contribution is -2.74. The summed E-state index contributed by atoms with van der Waals surface area (Å²) in [5.74, 6) is -4.56. The van der Waals surface area contributed by atoms with Crippen LogP contribution in [0.15, 0.2) is 35.2 Å². The van der Waals surface area contributed by atoms with Gasteiger partial charge in [0.05, 0.1) is 25.1 Å². The topological polar surface area (TPSA) is 148 Å². The van der Waals surface area contributed by atoms with E-state index in [1.54, 1.807) is 26.8 Å². The van der Waals surface area contributed by atoms with Crippen molar-refractivity contribution < 1.29 is 52.1 Å². The summed E-state index contributed by atoms with van der Waals surface area (Å²) < 4.78 is 34.1. The van der Waals surface area contributed by atoms with E-state index in [1.165, 1.54) is 32.6 Å². The van der Waals surface area contributed by atoms with Crippen molar-refractivity contribution in [2.45, 2.75) is 77.0 Å². The van der Waals surface area contributed by atoms with Crippen LogP contribution in [-0.2, 0) is 47.7 Å². The summed E-state index contributed by atoms with van der Waals surface area (Å²) in [5, 5.41) is 0. The molecule has 40 heavy (non-hydrogen) atoms. The fourth-order valence-corrected chi connectivity index (χ4v) is 8.87. The Labute approximate surface area is 230 Å². The lowest BCUT2D eigenvalue weighted by molar-refractivity contribution is -0.235. The predicted molar refractivity (Wildman–Crippen MR) is 132 cm³/mol. The van der Waals surface area contributed by atoms with Crippen molar-refractivity contribution in [3.8, 4) is 0 Å². The monoisotopic (exact) mass is 556 g/mol. The fourth-order valence-electron chi connectivity index (χ4n) is 8.87. The van der Waals surface area contributed by atoms with Gasteiger partial charge in [0.2, 0.25) is 0 Å². The summed E-state index contributed by atoms with van der Waals surface area (Å²) in [4.78, 5) is 66.7. The van der Waals surface area contributed by atoms with Crippen molar-refractivity contribution in [3.63, 3.8) is 0 Å². The number of epoxide rings is 1. The molecule has 0 bridgehead atoms. The van der Waals surface area contributed by atoms with E-state index in [2.05, 4.69) is 0 Å². The molecule has 3 saturated heterocycles. The average Bonchev–Trinajstić information content (AvgIpc) is 3.38. The van der Waals surface area contributed by atoms with E-state index in [4.69, 9.17) is 28.1 Å². The molecule has 9 unspecified atom stereocenters.